The third kappa shape index (κ3) is 3.44. The van der Waals surface area contributed by atoms with E-state index in [0.29, 0.717) is 18.8 Å². The molecule has 0 saturated heterocycles. The lowest BCUT2D eigenvalue weighted by molar-refractivity contribution is -0.153. The first-order chi connectivity index (χ1) is 9.53. The minimum atomic E-state index is -0.788. The van der Waals surface area contributed by atoms with Gasteiger partial charge in [0, 0.05) is 12.6 Å². The van der Waals surface area contributed by atoms with Gasteiger partial charge in [-0.15, -0.1) is 0 Å². The number of carbonyl (C=O) groups is 2. The van der Waals surface area contributed by atoms with E-state index in [4.69, 9.17) is 0 Å². The van der Waals surface area contributed by atoms with E-state index in [2.05, 4.69) is 10.6 Å². The van der Waals surface area contributed by atoms with E-state index >= 15 is 0 Å². The molecule has 2 aliphatic rings. The molecule has 0 spiro atoms. The van der Waals surface area contributed by atoms with Crippen molar-refractivity contribution in [2.45, 2.75) is 64.3 Å². The maximum atomic E-state index is 11.9. The van der Waals surface area contributed by atoms with Crippen molar-refractivity contribution in [2.24, 2.45) is 11.3 Å². The van der Waals surface area contributed by atoms with Gasteiger partial charge in [-0.25, -0.2) is 4.79 Å². The van der Waals surface area contributed by atoms with Gasteiger partial charge < -0.3 is 15.7 Å². The second-order valence-electron chi connectivity index (χ2n) is 6.45. The topological polar surface area (TPSA) is 78.4 Å². The number of aliphatic carboxylic acids is 1. The molecule has 2 aliphatic carbocycles. The van der Waals surface area contributed by atoms with Crippen LogP contribution < -0.4 is 10.6 Å². The van der Waals surface area contributed by atoms with Gasteiger partial charge in [0.15, 0.2) is 0 Å². The van der Waals surface area contributed by atoms with E-state index in [1.165, 1.54) is 32.1 Å². The third-order valence-electron chi connectivity index (χ3n) is 5.07. The van der Waals surface area contributed by atoms with Gasteiger partial charge in [-0.2, -0.15) is 0 Å². The fraction of sp³-hybridized carbons (Fsp3) is 0.867. The second kappa shape index (κ2) is 6.46. The Hall–Kier alpha value is -1.26. The molecular formula is C15H26N2O3. The molecule has 0 aliphatic heterocycles. The van der Waals surface area contributed by atoms with Crippen molar-refractivity contribution in [3.05, 3.63) is 0 Å². The summed E-state index contributed by atoms with van der Waals surface area (Å²) in [5, 5.41) is 14.9. The fourth-order valence-corrected chi connectivity index (χ4v) is 3.33. The van der Waals surface area contributed by atoms with Gasteiger partial charge in [-0.3, -0.25) is 4.79 Å². The standard InChI is InChI=1S/C15H26N2O3/c1-11(12-6-3-2-4-7-12)17-14(20)16-10-15(13(18)19)8-5-9-15/h11-12H,2-10H2,1H3,(H,18,19)(H2,16,17,20). The Morgan fingerprint density at radius 3 is 2.35 bits per heavy atom. The number of amides is 2. The Balaban J connectivity index is 1.73. The number of hydrogen-bond acceptors (Lipinski definition) is 2. The quantitative estimate of drug-likeness (QED) is 0.725. The lowest BCUT2D eigenvalue weighted by Gasteiger charge is -2.37. The predicted octanol–water partition coefficient (Wildman–Crippen LogP) is 2.51. The number of urea groups is 1. The molecule has 0 heterocycles. The summed E-state index contributed by atoms with van der Waals surface area (Å²) in [6.07, 6.45) is 8.44. The Morgan fingerprint density at radius 1 is 1.20 bits per heavy atom. The molecule has 3 N–H and O–H groups in total. The van der Waals surface area contributed by atoms with E-state index in [1.54, 1.807) is 0 Å². The van der Waals surface area contributed by atoms with Gasteiger partial charge >= 0.3 is 12.0 Å². The second-order valence-corrected chi connectivity index (χ2v) is 6.45. The van der Waals surface area contributed by atoms with E-state index < -0.39 is 11.4 Å². The summed E-state index contributed by atoms with van der Waals surface area (Å²) >= 11 is 0. The molecule has 2 amide bonds. The average Bonchev–Trinajstić information content (AvgIpc) is 2.38. The molecule has 114 valence electrons. The molecule has 5 nitrogen and oxygen atoms in total. The highest BCUT2D eigenvalue weighted by atomic mass is 16.4. The highest BCUT2D eigenvalue weighted by molar-refractivity contribution is 5.78. The Labute approximate surface area is 120 Å². The normalized spacial score (nSPS) is 23.4. The molecule has 0 aromatic carbocycles. The van der Waals surface area contributed by atoms with Crippen LogP contribution >= 0.6 is 0 Å². The van der Waals surface area contributed by atoms with Crippen LogP contribution in [0.5, 0.6) is 0 Å². The van der Waals surface area contributed by atoms with Gasteiger partial charge in [0.2, 0.25) is 0 Å². The number of carbonyl (C=O) groups excluding carboxylic acids is 1. The predicted molar refractivity (Wildman–Crippen MR) is 76.5 cm³/mol. The van der Waals surface area contributed by atoms with Crippen LogP contribution in [0.1, 0.15) is 58.3 Å². The summed E-state index contributed by atoms with van der Waals surface area (Å²) < 4.78 is 0. The zero-order chi connectivity index (χ0) is 14.6. The van der Waals surface area contributed by atoms with Crippen molar-refractivity contribution in [3.8, 4) is 0 Å². The number of rotatable bonds is 5. The lowest BCUT2D eigenvalue weighted by Crippen LogP contribution is -2.51. The Kier molecular flexibility index (Phi) is 4.89. The van der Waals surface area contributed by atoms with Crippen LogP contribution in [-0.2, 0) is 4.79 Å². The molecule has 20 heavy (non-hydrogen) atoms. The van der Waals surface area contributed by atoms with E-state index in [1.807, 2.05) is 6.92 Å². The van der Waals surface area contributed by atoms with Crippen LogP contribution in [0.2, 0.25) is 0 Å². The zero-order valence-electron chi connectivity index (χ0n) is 12.3. The van der Waals surface area contributed by atoms with Crippen molar-refractivity contribution in [2.75, 3.05) is 6.54 Å². The van der Waals surface area contributed by atoms with Gasteiger partial charge in [0.05, 0.1) is 5.41 Å². The molecular weight excluding hydrogens is 256 g/mol. The third-order valence-corrected chi connectivity index (χ3v) is 5.07. The first kappa shape index (κ1) is 15.1. The summed E-state index contributed by atoms with van der Waals surface area (Å²) in [5.41, 5.74) is -0.717. The number of carboxylic acid groups (broad SMARTS) is 1. The highest BCUT2D eigenvalue weighted by Gasteiger charge is 2.44. The molecule has 5 heteroatoms. The molecule has 0 aromatic rings. The van der Waals surface area contributed by atoms with Crippen molar-refractivity contribution in [1.82, 2.24) is 10.6 Å². The van der Waals surface area contributed by atoms with Crippen LogP contribution in [0.4, 0.5) is 4.79 Å². The van der Waals surface area contributed by atoms with E-state index in [-0.39, 0.29) is 18.6 Å². The summed E-state index contributed by atoms with van der Waals surface area (Å²) in [5.74, 6) is -0.226. The Bertz CT molecular complexity index is 360. The smallest absolute Gasteiger partial charge is 0.315 e. The summed E-state index contributed by atoms with van der Waals surface area (Å²) in [6.45, 7) is 2.29. The molecule has 2 saturated carbocycles. The van der Waals surface area contributed by atoms with Crippen molar-refractivity contribution in [1.29, 1.82) is 0 Å². The summed E-state index contributed by atoms with van der Waals surface area (Å²) in [7, 11) is 0. The maximum Gasteiger partial charge on any atom is 0.315 e. The summed E-state index contributed by atoms with van der Waals surface area (Å²) in [6, 6.07) is -0.0620. The van der Waals surface area contributed by atoms with Crippen LogP contribution in [0, 0.1) is 11.3 Å². The lowest BCUT2D eigenvalue weighted by atomic mass is 9.69. The molecule has 2 fully saturated rings. The van der Waals surface area contributed by atoms with Gasteiger partial charge in [-0.05, 0) is 38.5 Å². The highest BCUT2D eigenvalue weighted by Crippen LogP contribution is 2.40. The van der Waals surface area contributed by atoms with Crippen LogP contribution in [-0.4, -0.2) is 29.7 Å². The van der Waals surface area contributed by atoms with Gasteiger partial charge in [0.1, 0.15) is 0 Å². The largest absolute Gasteiger partial charge is 0.481 e. The first-order valence-corrected chi connectivity index (χ1v) is 7.81. The number of hydrogen-bond donors (Lipinski definition) is 3. The molecule has 1 atom stereocenters. The SMILES string of the molecule is CC(NC(=O)NCC1(C(=O)O)CCC1)C1CCCCC1. The molecule has 0 radical (unpaired) electrons. The van der Waals surface area contributed by atoms with Crippen LogP contribution in [0.25, 0.3) is 0 Å². The molecule has 1 unspecified atom stereocenters. The van der Waals surface area contributed by atoms with Crippen LogP contribution in [0.3, 0.4) is 0 Å². The van der Waals surface area contributed by atoms with Crippen LogP contribution in [0.15, 0.2) is 0 Å². The Morgan fingerprint density at radius 2 is 1.85 bits per heavy atom. The van der Waals surface area contributed by atoms with Crippen molar-refractivity contribution >= 4 is 12.0 Å². The monoisotopic (exact) mass is 282 g/mol. The van der Waals surface area contributed by atoms with Gasteiger partial charge in [-0.1, -0.05) is 25.7 Å². The zero-order valence-corrected chi connectivity index (χ0v) is 12.3. The van der Waals surface area contributed by atoms with Crippen molar-refractivity contribution in [3.63, 3.8) is 0 Å². The number of nitrogens with one attached hydrogen (secondary N) is 2. The van der Waals surface area contributed by atoms with Gasteiger partial charge in [0.25, 0.3) is 0 Å². The fourth-order valence-electron chi connectivity index (χ4n) is 3.33. The van der Waals surface area contributed by atoms with E-state index in [9.17, 15) is 14.7 Å². The first-order valence-electron chi connectivity index (χ1n) is 7.81. The minimum absolute atomic E-state index is 0.164. The molecule has 2 rings (SSSR count). The van der Waals surface area contributed by atoms with Crippen molar-refractivity contribution < 1.29 is 14.7 Å². The summed E-state index contributed by atoms with van der Waals surface area (Å²) in [4.78, 5) is 23.1. The average molecular weight is 282 g/mol. The molecule has 0 bridgehead atoms. The van der Waals surface area contributed by atoms with E-state index in [0.717, 1.165) is 6.42 Å². The number of carboxylic acids is 1. The molecule has 0 aromatic heterocycles. The maximum absolute atomic E-state index is 11.9. The minimum Gasteiger partial charge on any atom is -0.481 e.